The summed E-state index contributed by atoms with van der Waals surface area (Å²) in [4.78, 5) is 14.1. The van der Waals surface area contributed by atoms with Gasteiger partial charge in [0.2, 0.25) is 0 Å². The second-order valence-corrected chi connectivity index (χ2v) is 4.71. The lowest BCUT2D eigenvalue weighted by Gasteiger charge is -2.14. The molecule has 1 heterocycles. The Kier molecular flexibility index (Phi) is 2.10. The van der Waals surface area contributed by atoms with Gasteiger partial charge in [-0.05, 0) is 36.0 Å². The van der Waals surface area contributed by atoms with Gasteiger partial charge in [0.05, 0.1) is 0 Å². The lowest BCUT2D eigenvalue weighted by molar-refractivity contribution is 0.0771. The van der Waals surface area contributed by atoms with Crippen LogP contribution in [0, 0.1) is 5.92 Å². The Bertz CT molecular complexity index is 460. The fourth-order valence-corrected chi connectivity index (χ4v) is 2.37. The Morgan fingerprint density at radius 1 is 1.44 bits per heavy atom. The number of hydrogen-bond donors (Lipinski definition) is 0. The van der Waals surface area contributed by atoms with Gasteiger partial charge in [0.25, 0.3) is 5.91 Å². The third-order valence-corrected chi connectivity index (χ3v) is 3.47. The maximum absolute atomic E-state index is 12.1. The van der Waals surface area contributed by atoms with E-state index in [1.54, 1.807) is 0 Å². The zero-order valence-electron chi connectivity index (χ0n) is 9.28. The van der Waals surface area contributed by atoms with E-state index in [1.807, 2.05) is 29.2 Å². The zero-order valence-corrected chi connectivity index (χ0v) is 9.28. The molecule has 82 valence electrons. The first-order valence-electron chi connectivity index (χ1n) is 5.83. The van der Waals surface area contributed by atoms with Crippen molar-refractivity contribution in [2.24, 2.45) is 5.92 Å². The van der Waals surface area contributed by atoms with E-state index in [1.165, 1.54) is 12.8 Å². The molecule has 2 heteroatoms. The lowest BCUT2D eigenvalue weighted by atomic mass is 10.0. The minimum absolute atomic E-state index is 0.200. The van der Waals surface area contributed by atoms with Crippen molar-refractivity contribution in [1.82, 2.24) is 4.90 Å². The number of fused-ring (bicyclic) bond motifs is 1. The average molecular weight is 213 g/mol. The second-order valence-electron chi connectivity index (χ2n) is 4.71. The van der Waals surface area contributed by atoms with Crippen molar-refractivity contribution in [2.75, 3.05) is 6.54 Å². The summed E-state index contributed by atoms with van der Waals surface area (Å²) in [5.74, 6) is 0.955. The predicted molar refractivity (Wildman–Crippen MR) is 64.0 cm³/mol. The maximum atomic E-state index is 12.1. The van der Waals surface area contributed by atoms with Crippen molar-refractivity contribution in [2.45, 2.75) is 19.4 Å². The Balaban J connectivity index is 1.92. The number of benzene rings is 1. The van der Waals surface area contributed by atoms with Gasteiger partial charge in [-0.2, -0.15) is 0 Å². The molecule has 1 aliphatic carbocycles. The van der Waals surface area contributed by atoms with Crippen LogP contribution in [0.25, 0.3) is 6.08 Å². The Morgan fingerprint density at radius 3 is 2.94 bits per heavy atom. The Hall–Kier alpha value is -1.57. The van der Waals surface area contributed by atoms with Gasteiger partial charge in [-0.25, -0.2) is 0 Å². The molecule has 16 heavy (non-hydrogen) atoms. The smallest absolute Gasteiger partial charge is 0.254 e. The summed E-state index contributed by atoms with van der Waals surface area (Å²) in [7, 11) is 0. The molecule has 2 aliphatic rings. The molecule has 1 aromatic rings. The highest BCUT2D eigenvalue weighted by Crippen LogP contribution is 2.34. The van der Waals surface area contributed by atoms with Crippen LogP contribution in [0.3, 0.4) is 0 Å². The highest BCUT2D eigenvalue weighted by atomic mass is 16.2. The van der Waals surface area contributed by atoms with E-state index in [0.717, 1.165) is 35.7 Å². The van der Waals surface area contributed by atoms with Gasteiger partial charge in [0, 0.05) is 18.7 Å². The van der Waals surface area contributed by atoms with Crippen LogP contribution in [0.15, 0.2) is 24.8 Å². The highest BCUT2D eigenvalue weighted by Gasteiger charge is 2.33. The summed E-state index contributed by atoms with van der Waals surface area (Å²) in [5.41, 5.74) is 3.13. The quantitative estimate of drug-likeness (QED) is 0.756. The Labute approximate surface area is 95.6 Å². The van der Waals surface area contributed by atoms with E-state index in [0.29, 0.717) is 0 Å². The first kappa shape index (κ1) is 9.64. The van der Waals surface area contributed by atoms with Gasteiger partial charge < -0.3 is 4.90 Å². The molecule has 0 bridgehead atoms. The van der Waals surface area contributed by atoms with E-state index in [9.17, 15) is 4.79 Å². The molecular weight excluding hydrogens is 198 g/mol. The SMILES string of the molecule is C=Cc1cccc2c1CN(CC1CC1)C2=O. The van der Waals surface area contributed by atoms with Gasteiger partial charge >= 0.3 is 0 Å². The van der Waals surface area contributed by atoms with Crippen LogP contribution in [0.5, 0.6) is 0 Å². The van der Waals surface area contributed by atoms with Crippen molar-refractivity contribution < 1.29 is 4.79 Å². The maximum Gasteiger partial charge on any atom is 0.254 e. The van der Waals surface area contributed by atoms with E-state index in [2.05, 4.69) is 6.58 Å². The molecule has 3 rings (SSSR count). The summed E-state index contributed by atoms with van der Waals surface area (Å²) in [5, 5.41) is 0. The van der Waals surface area contributed by atoms with Crippen LogP contribution < -0.4 is 0 Å². The molecule has 1 fully saturated rings. The summed E-state index contributed by atoms with van der Waals surface area (Å²) < 4.78 is 0. The van der Waals surface area contributed by atoms with Gasteiger partial charge in [0.15, 0.2) is 0 Å². The minimum atomic E-state index is 0.200. The molecule has 0 spiro atoms. The third-order valence-electron chi connectivity index (χ3n) is 3.47. The molecule has 0 atom stereocenters. The van der Waals surface area contributed by atoms with Crippen LogP contribution >= 0.6 is 0 Å². The van der Waals surface area contributed by atoms with Crippen molar-refractivity contribution >= 4 is 12.0 Å². The molecular formula is C14H15NO. The van der Waals surface area contributed by atoms with E-state index in [4.69, 9.17) is 0 Å². The number of rotatable bonds is 3. The monoisotopic (exact) mass is 213 g/mol. The van der Waals surface area contributed by atoms with Crippen molar-refractivity contribution in [1.29, 1.82) is 0 Å². The van der Waals surface area contributed by atoms with Crippen molar-refractivity contribution in [3.8, 4) is 0 Å². The van der Waals surface area contributed by atoms with Gasteiger partial charge in [0.1, 0.15) is 0 Å². The molecule has 0 aromatic heterocycles. The van der Waals surface area contributed by atoms with Gasteiger partial charge in [-0.3, -0.25) is 4.79 Å². The molecule has 0 saturated heterocycles. The number of carbonyl (C=O) groups is 1. The molecule has 1 aromatic carbocycles. The molecule has 0 N–H and O–H groups in total. The van der Waals surface area contributed by atoms with Crippen LogP contribution in [0.2, 0.25) is 0 Å². The lowest BCUT2D eigenvalue weighted by Crippen LogP contribution is -2.26. The topological polar surface area (TPSA) is 20.3 Å². The van der Waals surface area contributed by atoms with Crippen molar-refractivity contribution in [3.63, 3.8) is 0 Å². The van der Waals surface area contributed by atoms with Crippen LogP contribution in [0.1, 0.15) is 34.3 Å². The minimum Gasteiger partial charge on any atom is -0.334 e. The number of amides is 1. The van der Waals surface area contributed by atoms with E-state index < -0.39 is 0 Å². The largest absolute Gasteiger partial charge is 0.334 e. The second kappa shape index (κ2) is 3.48. The fourth-order valence-electron chi connectivity index (χ4n) is 2.37. The third kappa shape index (κ3) is 1.45. The fraction of sp³-hybridized carbons (Fsp3) is 0.357. The first-order chi connectivity index (χ1) is 7.79. The molecule has 1 aliphatic heterocycles. The molecule has 0 radical (unpaired) electrons. The van der Waals surface area contributed by atoms with Crippen LogP contribution in [0.4, 0.5) is 0 Å². The van der Waals surface area contributed by atoms with E-state index >= 15 is 0 Å². The van der Waals surface area contributed by atoms with Crippen LogP contribution in [-0.2, 0) is 6.54 Å². The molecule has 0 unspecified atom stereocenters. The average Bonchev–Trinajstić information content (AvgIpc) is 3.05. The summed E-state index contributed by atoms with van der Waals surface area (Å²) in [6, 6.07) is 5.89. The predicted octanol–water partition coefficient (Wildman–Crippen LogP) is 2.70. The number of carbonyl (C=O) groups excluding carboxylic acids is 1. The Morgan fingerprint density at radius 2 is 2.25 bits per heavy atom. The van der Waals surface area contributed by atoms with Gasteiger partial charge in [-0.1, -0.05) is 24.8 Å². The normalized spacial score (nSPS) is 18.8. The zero-order chi connectivity index (χ0) is 11.1. The first-order valence-corrected chi connectivity index (χ1v) is 5.83. The highest BCUT2D eigenvalue weighted by molar-refractivity contribution is 5.99. The van der Waals surface area contributed by atoms with Crippen LogP contribution in [-0.4, -0.2) is 17.4 Å². The van der Waals surface area contributed by atoms with Gasteiger partial charge in [-0.15, -0.1) is 0 Å². The summed E-state index contributed by atoms with van der Waals surface area (Å²) in [6.07, 6.45) is 4.41. The summed E-state index contributed by atoms with van der Waals surface area (Å²) in [6.45, 7) is 5.51. The molecule has 1 amide bonds. The summed E-state index contributed by atoms with van der Waals surface area (Å²) >= 11 is 0. The number of hydrogen-bond acceptors (Lipinski definition) is 1. The molecule has 1 saturated carbocycles. The molecule has 2 nitrogen and oxygen atoms in total. The van der Waals surface area contributed by atoms with Crippen molar-refractivity contribution in [3.05, 3.63) is 41.5 Å². The van der Waals surface area contributed by atoms with E-state index in [-0.39, 0.29) is 5.91 Å². The number of nitrogens with zero attached hydrogens (tertiary/aromatic N) is 1. The standard InChI is InChI=1S/C14H15NO/c1-2-11-4-3-5-12-13(11)9-15(14(12)16)8-10-6-7-10/h2-5,10H,1,6-9H2.